The summed E-state index contributed by atoms with van der Waals surface area (Å²) in [7, 11) is 1.97. The monoisotopic (exact) mass is 333 g/mol. The first-order valence-electron chi connectivity index (χ1n) is 9.22. The van der Waals surface area contributed by atoms with Gasteiger partial charge < -0.3 is 9.80 Å². The van der Waals surface area contributed by atoms with Gasteiger partial charge in [-0.05, 0) is 30.9 Å². The fraction of sp³-hybridized carbons (Fsp3) is 0.778. The van der Waals surface area contributed by atoms with Crippen LogP contribution in [0.5, 0.6) is 0 Å². The third kappa shape index (κ3) is 4.16. The molecule has 0 spiro atoms. The Kier molecular flexibility index (Phi) is 5.56. The Hall–Kier alpha value is -1.40. The van der Waals surface area contributed by atoms with Crippen molar-refractivity contribution in [3.63, 3.8) is 0 Å². The SMILES string of the molecule is CC(=O)N1CCN([C@H]2CN(CCCc3cnn(C)c3)C[C@@H]2C)CC1. The number of aryl methyl sites for hydroxylation is 2. The lowest BCUT2D eigenvalue weighted by atomic mass is 10.0. The first kappa shape index (κ1) is 17.4. The number of hydrogen-bond acceptors (Lipinski definition) is 4. The smallest absolute Gasteiger partial charge is 0.219 e. The molecule has 0 radical (unpaired) electrons. The highest BCUT2D eigenvalue weighted by atomic mass is 16.2. The van der Waals surface area contributed by atoms with Crippen molar-refractivity contribution in [3.05, 3.63) is 18.0 Å². The van der Waals surface area contributed by atoms with Crippen LogP contribution in [0.4, 0.5) is 0 Å². The van der Waals surface area contributed by atoms with E-state index >= 15 is 0 Å². The fourth-order valence-electron chi connectivity index (χ4n) is 4.18. The molecule has 1 amide bonds. The Bertz CT molecular complexity index is 549. The molecule has 134 valence electrons. The summed E-state index contributed by atoms with van der Waals surface area (Å²) in [5.41, 5.74) is 1.33. The molecule has 0 bridgehead atoms. The third-order valence-corrected chi connectivity index (χ3v) is 5.58. The second-order valence-corrected chi connectivity index (χ2v) is 7.47. The number of hydrogen-bond donors (Lipinski definition) is 0. The Labute approximate surface area is 145 Å². The molecule has 3 rings (SSSR count). The van der Waals surface area contributed by atoms with E-state index in [2.05, 4.69) is 28.0 Å². The van der Waals surface area contributed by atoms with Crippen molar-refractivity contribution < 1.29 is 4.79 Å². The van der Waals surface area contributed by atoms with Gasteiger partial charge in [-0.15, -0.1) is 0 Å². The van der Waals surface area contributed by atoms with Crippen LogP contribution in [0.1, 0.15) is 25.8 Å². The fourth-order valence-corrected chi connectivity index (χ4v) is 4.18. The van der Waals surface area contributed by atoms with Gasteiger partial charge in [-0.1, -0.05) is 6.92 Å². The topological polar surface area (TPSA) is 44.6 Å². The van der Waals surface area contributed by atoms with Crippen molar-refractivity contribution in [2.24, 2.45) is 13.0 Å². The van der Waals surface area contributed by atoms with Crippen molar-refractivity contribution in [2.75, 3.05) is 45.8 Å². The van der Waals surface area contributed by atoms with Crippen LogP contribution in [0.3, 0.4) is 0 Å². The van der Waals surface area contributed by atoms with Crippen LogP contribution in [0, 0.1) is 5.92 Å². The maximum absolute atomic E-state index is 11.5. The first-order chi connectivity index (χ1) is 11.5. The average Bonchev–Trinajstić information content (AvgIpc) is 3.13. The molecule has 6 heteroatoms. The van der Waals surface area contributed by atoms with Crippen LogP contribution < -0.4 is 0 Å². The summed E-state index contributed by atoms with van der Waals surface area (Å²) < 4.78 is 1.88. The van der Waals surface area contributed by atoms with Gasteiger partial charge in [-0.2, -0.15) is 5.10 Å². The molecule has 2 fully saturated rings. The number of carbonyl (C=O) groups is 1. The van der Waals surface area contributed by atoms with Crippen LogP contribution in [0.25, 0.3) is 0 Å². The van der Waals surface area contributed by atoms with E-state index in [1.54, 1.807) is 6.92 Å². The van der Waals surface area contributed by atoms with Crippen LogP contribution in [-0.2, 0) is 18.3 Å². The van der Waals surface area contributed by atoms with Gasteiger partial charge in [-0.3, -0.25) is 14.4 Å². The number of nitrogens with zero attached hydrogens (tertiary/aromatic N) is 5. The summed E-state index contributed by atoms with van der Waals surface area (Å²) in [6, 6.07) is 0.650. The van der Waals surface area contributed by atoms with Crippen molar-refractivity contribution >= 4 is 5.91 Å². The van der Waals surface area contributed by atoms with Gasteiger partial charge in [-0.25, -0.2) is 0 Å². The average molecular weight is 333 g/mol. The second kappa shape index (κ2) is 7.66. The molecule has 0 N–H and O–H groups in total. The minimum atomic E-state index is 0.214. The summed E-state index contributed by atoms with van der Waals surface area (Å²) in [6.07, 6.45) is 6.40. The van der Waals surface area contributed by atoms with Gasteiger partial charge in [0.2, 0.25) is 5.91 Å². The minimum absolute atomic E-state index is 0.214. The normalized spacial score (nSPS) is 26.2. The number of piperazine rings is 1. The number of aromatic nitrogens is 2. The van der Waals surface area contributed by atoms with Gasteiger partial charge in [0.25, 0.3) is 0 Å². The molecular formula is C18H31N5O. The van der Waals surface area contributed by atoms with Crippen LogP contribution >= 0.6 is 0 Å². The largest absolute Gasteiger partial charge is 0.340 e. The van der Waals surface area contributed by atoms with Crippen LogP contribution in [-0.4, -0.2) is 82.2 Å². The second-order valence-electron chi connectivity index (χ2n) is 7.47. The van der Waals surface area contributed by atoms with E-state index in [0.29, 0.717) is 12.0 Å². The van der Waals surface area contributed by atoms with Gasteiger partial charge in [0.1, 0.15) is 0 Å². The van der Waals surface area contributed by atoms with Gasteiger partial charge in [0.05, 0.1) is 6.20 Å². The predicted octanol–water partition coefficient (Wildman–Crippen LogP) is 0.837. The molecule has 2 aliphatic rings. The van der Waals surface area contributed by atoms with Gasteiger partial charge in [0.15, 0.2) is 0 Å². The Balaban J connectivity index is 1.42. The zero-order valence-corrected chi connectivity index (χ0v) is 15.3. The zero-order valence-electron chi connectivity index (χ0n) is 15.3. The number of carbonyl (C=O) groups excluding carboxylic acids is 1. The van der Waals surface area contributed by atoms with E-state index in [0.717, 1.165) is 32.6 Å². The molecule has 1 aromatic heterocycles. The van der Waals surface area contributed by atoms with Crippen LogP contribution in [0.15, 0.2) is 12.4 Å². The highest BCUT2D eigenvalue weighted by molar-refractivity contribution is 5.73. The molecule has 2 saturated heterocycles. The lowest BCUT2D eigenvalue weighted by molar-refractivity contribution is -0.130. The van der Waals surface area contributed by atoms with Gasteiger partial charge >= 0.3 is 0 Å². The van der Waals surface area contributed by atoms with E-state index in [4.69, 9.17) is 0 Å². The van der Waals surface area contributed by atoms with E-state index in [1.165, 1.54) is 31.6 Å². The molecule has 24 heavy (non-hydrogen) atoms. The number of rotatable bonds is 5. The Morgan fingerprint density at radius 3 is 2.62 bits per heavy atom. The van der Waals surface area contributed by atoms with E-state index in [-0.39, 0.29) is 5.91 Å². The molecule has 2 atom stereocenters. The third-order valence-electron chi connectivity index (χ3n) is 5.58. The van der Waals surface area contributed by atoms with Crippen molar-refractivity contribution in [1.29, 1.82) is 0 Å². The van der Waals surface area contributed by atoms with Crippen molar-refractivity contribution in [2.45, 2.75) is 32.7 Å². The van der Waals surface area contributed by atoms with E-state index < -0.39 is 0 Å². The maximum atomic E-state index is 11.5. The van der Waals surface area contributed by atoms with Gasteiger partial charge in [0, 0.05) is 65.5 Å². The molecule has 1 aromatic rings. The molecule has 0 aromatic carbocycles. The lowest BCUT2D eigenvalue weighted by Crippen LogP contribution is -2.53. The highest BCUT2D eigenvalue weighted by Crippen LogP contribution is 2.23. The summed E-state index contributed by atoms with van der Waals surface area (Å²) >= 11 is 0. The summed E-state index contributed by atoms with van der Waals surface area (Å²) in [5.74, 6) is 0.929. The molecule has 0 unspecified atom stereocenters. The molecular weight excluding hydrogens is 302 g/mol. The Morgan fingerprint density at radius 2 is 2.00 bits per heavy atom. The molecule has 6 nitrogen and oxygen atoms in total. The quantitative estimate of drug-likeness (QED) is 0.801. The zero-order chi connectivity index (χ0) is 17.1. The summed E-state index contributed by atoms with van der Waals surface area (Å²) in [6.45, 7) is 11.4. The highest BCUT2D eigenvalue weighted by Gasteiger charge is 2.35. The van der Waals surface area contributed by atoms with Crippen molar-refractivity contribution in [3.8, 4) is 0 Å². The first-order valence-corrected chi connectivity index (χ1v) is 9.22. The molecule has 2 aliphatic heterocycles. The van der Waals surface area contributed by atoms with Crippen LogP contribution in [0.2, 0.25) is 0 Å². The molecule has 3 heterocycles. The summed E-state index contributed by atoms with van der Waals surface area (Å²) in [5, 5.41) is 4.24. The summed E-state index contributed by atoms with van der Waals surface area (Å²) in [4.78, 5) is 18.7. The molecule has 0 saturated carbocycles. The predicted molar refractivity (Wildman–Crippen MR) is 94.7 cm³/mol. The molecule has 0 aliphatic carbocycles. The minimum Gasteiger partial charge on any atom is -0.340 e. The number of amides is 1. The maximum Gasteiger partial charge on any atom is 0.219 e. The van der Waals surface area contributed by atoms with E-state index in [1.807, 2.05) is 22.8 Å². The lowest BCUT2D eigenvalue weighted by Gasteiger charge is -2.39. The van der Waals surface area contributed by atoms with Crippen molar-refractivity contribution in [1.82, 2.24) is 24.5 Å². The Morgan fingerprint density at radius 1 is 1.25 bits per heavy atom. The standard InChI is InChI=1S/C18H31N5O/c1-15-12-21(6-4-5-17-11-19-20(3)13-17)14-18(15)23-9-7-22(8-10-23)16(2)24/h11,13,15,18H,4-10,12,14H2,1-3H3/t15-,18-/m0/s1. The number of likely N-dealkylation sites (tertiary alicyclic amines) is 1. The van der Waals surface area contributed by atoms with E-state index in [9.17, 15) is 4.79 Å².